The van der Waals surface area contributed by atoms with Crippen LogP contribution in [-0.2, 0) is 11.3 Å². The van der Waals surface area contributed by atoms with Gasteiger partial charge in [0.05, 0.1) is 6.54 Å². The van der Waals surface area contributed by atoms with Crippen LogP contribution >= 0.6 is 15.9 Å². The Morgan fingerprint density at radius 1 is 1.19 bits per heavy atom. The predicted octanol–water partition coefficient (Wildman–Crippen LogP) is 3.58. The van der Waals surface area contributed by atoms with E-state index in [1.807, 2.05) is 31.2 Å². The molecule has 26 heavy (non-hydrogen) atoms. The molecule has 1 N–H and O–H groups in total. The van der Waals surface area contributed by atoms with Crippen molar-refractivity contribution in [3.63, 3.8) is 0 Å². The average Bonchev–Trinajstić information content (AvgIpc) is 3.15. The first kappa shape index (κ1) is 16.7. The van der Waals surface area contributed by atoms with Crippen molar-refractivity contribution in [2.45, 2.75) is 13.5 Å². The molecule has 0 aromatic heterocycles. The Labute approximate surface area is 158 Å². The highest BCUT2D eigenvalue weighted by Crippen LogP contribution is 2.37. The van der Waals surface area contributed by atoms with Gasteiger partial charge in [-0.05, 0) is 36.3 Å². The minimum atomic E-state index is -0.431. The van der Waals surface area contributed by atoms with Crippen molar-refractivity contribution in [3.8, 4) is 11.5 Å². The van der Waals surface area contributed by atoms with Crippen molar-refractivity contribution < 1.29 is 19.1 Å². The number of halogens is 1. The van der Waals surface area contributed by atoms with Gasteiger partial charge in [0.2, 0.25) is 6.79 Å². The van der Waals surface area contributed by atoms with Crippen LogP contribution < -0.4 is 14.8 Å². The van der Waals surface area contributed by atoms with E-state index in [0.717, 1.165) is 21.2 Å². The molecule has 0 aliphatic carbocycles. The Morgan fingerprint density at radius 3 is 2.73 bits per heavy atom. The van der Waals surface area contributed by atoms with E-state index in [-0.39, 0.29) is 24.9 Å². The topological polar surface area (TPSA) is 67.9 Å². The van der Waals surface area contributed by atoms with Crippen LogP contribution in [0, 0.1) is 6.92 Å². The van der Waals surface area contributed by atoms with E-state index in [1.165, 1.54) is 4.90 Å². The third kappa shape index (κ3) is 3.06. The van der Waals surface area contributed by atoms with Gasteiger partial charge < -0.3 is 14.8 Å². The number of carbonyl (C=O) groups is 2. The smallest absolute Gasteiger partial charge is 0.329 e. The molecule has 132 valence electrons. The predicted molar refractivity (Wildman–Crippen MR) is 98.5 cm³/mol. The molecule has 2 aromatic carbocycles. The maximum atomic E-state index is 12.7. The number of hydrogen-bond donors (Lipinski definition) is 1. The van der Waals surface area contributed by atoms with Crippen molar-refractivity contribution >= 4 is 33.9 Å². The molecule has 2 heterocycles. The second kappa shape index (κ2) is 6.49. The molecule has 2 aromatic rings. The summed E-state index contributed by atoms with van der Waals surface area (Å²) >= 11 is 3.45. The first-order valence-electron chi connectivity index (χ1n) is 8.00. The first-order valence-corrected chi connectivity index (χ1v) is 8.80. The van der Waals surface area contributed by atoms with Gasteiger partial charge in [0.15, 0.2) is 11.5 Å². The van der Waals surface area contributed by atoms with Gasteiger partial charge in [-0.15, -0.1) is 0 Å². The van der Waals surface area contributed by atoms with Gasteiger partial charge in [0, 0.05) is 4.47 Å². The van der Waals surface area contributed by atoms with Crippen LogP contribution in [0.1, 0.15) is 16.7 Å². The second-order valence-electron chi connectivity index (χ2n) is 6.10. The van der Waals surface area contributed by atoms with Gasteiger partial charge in [-0.3, -0.25) is 9.69 Å². The molecule has 1 fully saturated rings. The zero-order valence-corrected chi connectivity index (χ0v) is 15.5. The summed E-state index contributed by atoms with van der Waals surface area (Å²) in [5.74, 6) is 0.886. The number of nitrogens with zero attached hydrogens (tertiary/aromatic N) is 1. The van der Waals surface area contributed by atoms with E-state index in [2.05, 4.69) is 21.2 Å². The van der Waals surface area contributed by atoms with Gasteiger partial charge in [-0.2, -0.15) is 0 Å². The monoisotopic (exact) mass is 414 g/mol. The minimum Gasteiger partial charge on any atom is -0.454 e. The number of fused-ring (bicyclic) bond motifs is 1. The third-order valence-electron chi connectivity index (χ3n) is 4.18. The van der Waals surface area contributed by atoms with E-state index < -0.39 is 6.03 Å². The second-order valence-corrected chi connectivity index (χ2v) is 6.95. The van der Waals surface area contributed by atoms with Gasteiger partial charge in [-0.25, -0.2) is 4.79 Å². The molecule has 0 bridgehead atoms. The maximum Gasteiger partial charge on any atom is 0.329 e. The standard InChI is InChI=1S/C19H15BrN2O4/c1-11-3-2-4-12(5-11)9-22-18(23)15(21-19(22)24)6-13-7-16-17(8-14(13)20)26-10-25-16/h2-8H,9-10H2,1H3,(H,21,24)/b15-6-. The Kier molecular flexibility index (Phi) is 4.16. The number of benzene rings is 2. The highest BCUT2D eigenvalue weighted by Gasteiger charge is 2.33. The lowest BCUT2D eigenvalue weighted by atomic mass is 10.1. The fourth-order valence-corrected chi connectivity index (χ4v) is 3.34. The zero-order chi connectivity index (χ0) is 18.3. The number of aryl methyl sites for hydroxylation is 1. The number of urea groups is 1. The molecule has 0 saturated carbocycles. The SMILES string of the molecule is Cc1cccc(CN2C(=O)N/C(=C\c3cc4c(cc3Br)OCO4)C2=O)c1. The number of imide groups is 1. The van der Waals surface area contributed by atoms with E-state index in [1.54, 1.807) is 18.2 Å². The van der Waals surface area contributed by atoms with Crippen LogP contribution in [0.3, 0.4) is 0 Å². The number of ether oxygens (including phenoxy) is 2. The summed E-state index contributed by atoms with van der Waals surface area (Å²) in [6.45, 7) is 2.37. The van der Waals surface area contributed by atoms with Gasteiger partial charge >= 0.3 is 6.03 Å². The van der Waals surface area contributed by atoms with E-state index >= 15 is 0 Å². The first-order chi connectivity index (χ1) is 12.5. The van der Waals surface area contributed by atoms with Crippen LogP contribution in [0.15, 0.2) is 46.6 Å². The number of carbonyl (C=O) groups excluding carboxylic acids is 2. The van der Waals surface area contributed by atoms with Crippen molar-refractivity contribution in [2.75, 3.05) is 6.79 Å². The molecule has 4 rings (SSSR count). The van der Waals surface area contributed by atoms with Crippen LogP contribution in [0.4, 0.5) is 4.79 Å². The fraction of sp³-hybridized carbons (Fsp3) is 0.158. The van der Waals surface area contributed by atoms with Crippen molar-refractivity contribution in [2.24, 2.45) is 0 Å². The molecular formula is C19H15BrN2O4. The van der Waals surface area contributed by atoms with Crippen LogP contribution in [0.25, 0.3) is 6.08 Å². The molecule has 2 aliphatic heterocycles. The Morgan fingerprint density at radius 2 is 1.96 bits per heavy atom. The lowest BCUT2D eigenvalue weighted by Crippen LogP contribution is -2.30. The van der Waals surface area contributed by atoms with Gasteiger partial charge in [0.25, 0.3) is 5.91 Å². The summed E-state index contributed by atoms with van der Waals surface area (Å²) in [6.07, 6.45) is 1.63. The lowest BCUT2D eigenvalue weighted by molar-refractivity contribution is -0.123. The van der Waals surface area contributed by atoms with E-state index in [9.17, 15) is 9.59 Å². The van der Waals surface area contributed by atoms with Crippen LogP contribution in [-0.4, -0.2) is 23.6 Å². The Hall–Kier alpha value is -2.80. The molecule has 2 aliphatic rings. The number of amides is 3. The van der Waals surface area contributed by atoms with E-state index in [4.69, 9.17) is 9.47 Å². The van der Waals surface area contributed by atoms with Crippen molar-refractivity contribution in [1.82, 2.24) is 10.2 Å². The highest BCUT2D eigenvalue weighted by molar-refractivity contribution is 9.10. The Balaban J connectivity index is 1.60. The molecule has 6 nitrogen and oxygen atoms in total. The summed E-state index contributed by atoms with van der Waals surface area (Å²) in [6, 6.07) is 10.8. The van der Waals surface area contributed by atoms with Gasteiger partial charge in [0.1, 0.15) is 5.70 Å². The van der Waals surface area contributed by atoms with Crippen molar-refractivity contribution in [3.05, 3.63) is 63.3 Å². The molecule has 0 spiro atoms. The minimum absolute atomic E-state index is 0.168. The lowest BCUT2D eigenvalue weighted by Gasteiger charge is -2.12. The van der Waals surface area contributed by atoms with E-state index in [0.29, 0.717) is 11.5 Å². The quantitative estimate of drug-likeness (QED) is 0.615. The molecular weight excluding hydrogens is 400 g/mol. The molecule has 0 radical (unpaired) electrons. The molecule has 1 saturated heterocycles. The summed E-state index contributed by atoms with van der Waals surface area (Å²) in [5, 5.41) is 2.64. The van der Waals surface area contributed by atoms with Crippen LogP contribution in [0.2, 0.25) is 0 Å². The third-order valence-corrected chi connectivity index (χ3v) is 4.86. The molecule has 7 heteroatoms. The summed E-state index contributed by atoms with van der Waals surface area (Å²) < 4.78 is 11.4. The Bertz CT molecular complexity index is 955. The number of nitrogens with one attached hydrogen (secondary N) is 1. The van der Waals surface area contributed by atoms with Crippen LogP contribution in [0.5, 0.6) is 11.5 Å². The number of rotatable bonds is 3. The van der Waals surface area contributed by atoms with Crippen molar-refractivity contribution in [1.29, 1.82) is 0 Å². The maximum absolute atomic E-state index is 12.7. The average molecular weight is 415 g/mol. The fourth-order valence-electron chi connectivity index (χ4n) is 2.91. The molecule has 3 amide bonds. The van der Waals surface area contributed by atoms with Gasteiger partial charge in [-0.1, -0.05) is 45.8 Å². The normalized spacial score (nSPS) is 17.2. The summed E-state index contributed by atoms with van der Waals surface area (Å²) in [5.41, 5.74) is 2.92. The highest BCUT2D eigenvalue weighted by atomic mass is 79.9. The summed E-state index contributed by atoms with van der Waals surface area (Å²) in [7, 11) is 0. The molecule has 0 atom stereocenters. The largest absolute Gasteiger partial charge is 0.454 e. The number of hydrogen-bond acceptors (Lipinski definition) is 4. The molecule has 0 unspecified atom stereocenters. The zero-order valence-electron chi connectivity index (χ0n) is 13.9. The summed E-state index contributed by atoms with van der Waals surface area (Å²) in [4.78, 5) is 26.1.